The minimum Gasteiger partial charge on any atom is -0.461 e. The second-order valence-corrected chi connectivity index (χ2v) is 16.9. The van der Waals surface area contributed by atoms with Gasteiger partial charge in [-0.15, -0.1) is 10.2 Å². The number of aliphatic hydroxyl groups is 2. The summed E-state index contributed by atoms with van der Waals surface area (Å²) in [5, 5.41) is 39.8. The third-order valence-corrected chi connectivity index (χ3v) is 12.1. The maximum atomic E-state index is 13.5. The zero-order valence-corrected chi connectivity index (χ0v) is 36.1. The number of rotatable bonds is 14. The van der Waals surface area contributed by atoms with Crippen molar-refractivity contribution in [3.8, 4) is 23.2 Å². The zero-order chi connectivity index (χ0) is 46.6. The molecule has 10 heterocycles. The molecule has 0 radical (unpaired) electrons. The van der Waals surface area contributed by atoms with Gasteiger partial charge in [-0.25, -0.2) is 19.3 Å². The minimum absolute atomic E-state index is 0.102. The van der Waals surface area contributed by atoms with Crippen LogP contribution in [0.25, 0.3) is 56.5 Å². The third-order valence-electron chi connectivity index (χ3n) is 12.1. The molecule has 22 heteroatoms. The highest BCUT2D eigenvalue weighted by molar-refractivity contribution is 5.94. The molecule has 344 valence electrons. The number of fused-ring (bicyclic) bond motifs is 6. The molecule has 2 aliphatic heterocycles. The molecule has 0 unspecified atom stereocenters. The number of Topliss-reactive ketones (excluding diaryl/α,β-unsaturated/α-hetero) is 2. The zero-order valence-electron chi connectivity index (χ0n) is 36.1. The first kappa shape index (κ1) is 42.5. The van der Waals surface area contributed by atoms with Crippen molar-refractivity contribution >= 4 is 56.8 Å². The molecule has 2 atom stereocenters. The van der Waals surface area contributed by atoms with Gasteiger partial charge in [-0.3, -0.25) is 9.59 Å². The number of aromatic nitrogens is 12. The molecule has 2 aliphatic rings. The second kappa shape index (κ2) is 16.9. The van der Waals surface area contributed by atoms with Crippen molar-refractivity contribution in [3.63, 3.8) is 0 Å². The Bertz CT molecular complexity index is 3200. The van der Waals surface area contributed by atoms with Crippen LogP contribution in [0.5, 0.6) is 0 Å². The lowest BCUT2D eigenvalue weighted by atomic mass is 9.91. The van der Waals surface area contributed by atoms with Crippen LogP contribution in [0.1, 0.15) is 48.9 Å². The number of nitrogens with two attached hydrogens (primary N) is 2. The van der Waals surface area contributed by atoms with Crippen LogP contribution in [0, 0.1) is 0 Å². The predicted molar refractivity (Wildman–Crippen MR) is 242 cm³/mol. The molecule has 68 heavy (non-hydrogen) atoms. The van der Waals surface area contributed by atoms with E-state index >= 15 is 0 Å². The molecule has 0 saturated carbocycles. The van der Waals surface area contributed by atoms with Crippen LogP contribution in [-0.2, 0) is 19.1 Å². The van der Waals surface area contributed by atoms with Crippen LogP contribution < -0.4 is 11.5 Å². The van der Waals surface area contributed by atoms with Gasteiger partial charge in [-0.2, -0.15) is 29.2 Å². The number of furan rings is 2. The van der Waals surface area contributed by atoms with Gasteiger partial charge < -0.3 is 40.0 Å². The topological polar surface area (TPSA) is 293 Å². The van der Waals surface area contributed by atoms with Crippen LogP contribution in [0.4, 0.5) is 11.9 Å². The quantitative estimate of drug-likeness (QED) is 0.120. The summed E-state index contributed by atoms with van der Waals surface area (Å²) >= 11 is 0. The van der Waals surface area contributed by atoms with E-state index in [0.29, 0.717) is 69.4 Å². The summed E-state index contributed by atoms with van der Waals surface area (Å²) in [5.41, 5.74) is 13.8. The number of ketones is 2. The van der Waals surface area contributed by atoms with E-state index in [-0.39, 0.29) is 62.7 Å². The van der Waals surface area contributed by atoms with Crippen molar-refractivity contribution in [2.45, 2.75) is 49.0 Å². The monoisotopic (exact) mass is 918 g/mol. The van der Waals surface area contributed by atoms with Crippen LogP contribution >= 0.6 is 0 Å². The number of benzene rings is 2. The normalized spacial score (nSPS) is 16.0. The molecule has 2 aromatic carbocycles. The fourth-order valence-corrected chi connectivity index (χ4v) is 8.40. The highest BCUT2D eigenvalue weighted by Crippen LogP contribution is 2.33. The molecule has 0 bridgehead atoms. The first-order chi connectivity index (χ1) is 33.0. The highest BCUT2D eigenvalue weighted by atomic mass is 16.5. The lowest BCUT2D eigenvalue weighted by Crippen LogP contribution is -2.49. The molecule has 6 N–H and O–H groups in total. The number of carbonyl (C=O) groups excluding carboxylic acids is 2. The van der Waals surface area contributed by atoms with E-state index in [9.17, 15) is 19.8 Å². The molecule has 12 rings (SSSR count). The molecule has 2 fully saturated rings. The van der Waals surface area contributed by atoms with Crippen LogP contribution in [-0.4, -0.2) is 118 Å². The van der Waals surface area contributed by atoms with Gasteiger partial charge in [0.1, 0.15) is 23.3 Å². The van der Waals surface area contributed by atoms with Crippen molar-refractivity contribution in [1.82, 2.24) is 58.7 Å². The summed E-state index contributed by atoms with van der Waals surface area (Å²) in [7, 11) is 0. The van der Waals surface area contributed by atoms with Gasteiger partial charge in [0.15, 0.2) is 45.7 Å². The smallest absolute Gasteiger partial charge is 0.225 e. The predicted octanol–water partition coefficient (Wildman–Crippen LogP) is 4.03. The molecule has 0 aliphatic carbocycles. The lowest BCUT2D eigenvalue weighted by Gasteiger charge is -2.36. The molecule has 22 nitrogen and oxygen atoms in total. The Morgan fingerprint density at radius 2 is 0.985 bits per heavy atom. The first-order valence-electron chi connectivity index (χ1n) is 21.7. The van der Waals surface area contributed by atoms with Crippen molar-refractivity contribution in [2.75, 3.05) is 37.9 Å². The van der Waals surface area contributed by atoms with Crippen molar-refractivity contribution in [1.29, 1.82) is 0 Å². The average molecular weight is 919 g/mol. The van der Waals surface area contributed by atoms with E-state index in [1.165, 1.54) is 9.03 Å². The maximum absolute atomic E-state index is 13.5. The van der Waals surface area contributed by atoms with Gasteiger partial charge in [0.25, 0.3) is 0 Å². The Hall–Kier alpha value is -8.18. The van der Waals surface area contributed by atoms with Crippen LogP contribution in [0.15, 0.2) is 119 Å². The Balaban J connectivity index is 0.000000149. The van der Waals surface area contributed by atoms with Crippen LogP contribution in [0.2, 0.25) is 0 Å². The summed E-state index contributed by atoms with van der Waals surface area (Å²) in [6.45, 7) is 0.952. The van der Waals surface area contributed by atoms with Gasteiger partial charge in [-0.05, 0) is 48.2 Å². The molecular formula is C46H42N14O8. The lowest BCUT2D eigenvalue weighted by molar-refractivity contribution is -0.182. The fraction of sp³-hybridized carbons (Fsp3) is 0.261. The van der Waals surface area contributed by atoms with Gasteiger partial charge in [0.2, 0.25) is 23.5 Å². The number of nitrogen functional groups attached to an aromatic ring is 2. The Labute approximate surface area is 383 Å². The molecule has 0 amide bonds. The number of nitrogens with zero attached hydrogens (tertiary/aromatic N) is 12. The minimum atomic E-state index is -0.957. The van der Waals surface area contributed by atoms with E-state index in [4.69, 9.17) is 29.8 Å². The Morgan fingerprint density at radius 3 is 1.34 bits per heavy atom. The summed E-state index contributed by atoms with van der Waals surface area (Å²) in [6.07, 6.45) is 7.23. The van der Waals surface area contributed by atoms with E-state index in [1.54, 1.807) is 58.5 Å². The molecule has 2 saturated heterocycles. The number of carbonyl (C=O) groups is 2. The standard InChI is InChI=1S/2C23H21N7O4/c2*24-22-27-21-15(20-26-19(28-30(20)22)17-7-4-10-34-17)11-25-29(21)18(14-5-2-1-3-6-14)16(31)8-9-23(32)12-33-13-23/h2*1-7,10-11,18,32H,8-9,12-13H2,(H2,24,27)/t2*18-/m10/s1. The molecule has 0 spiro atoms. The van der Waals surface area contributed by atoms with E-state index in [1.807, 2.05) is 60.7 Å². The summed E-state index contributed by atoms with van der Waals surface area (Å²) in [4.78, 5) is 45.1. The van der Waals surface area contributed by atoms with Crippen molar-refractivity contribution < 1.29 is 38.1 Å². The van der Waals surface area contributed by atoms with E-state index < -0.39 is 23.3 Å². The van der Waals surface area contributed by atoms with Crippen LogP contribution in [0.3, 0.4) is 0 Å². The van der Waals surface area contributed by atoms with E-state index in [2.05, 4.69) is 40.3 Å². The largest absolute Gasteiger partial charge is 0.461 e. The maximum Gasteiger partial charge on any atom is 0.225 e. The van der Waals surface area contributed by atoms with Gasteiger partial charge in [-0.1, -0.05) is 60.7 Å². The van der Waals surface area contributed by atoms with Gasteiger partial charge >= 0.3 is 0 Å². The summed E-state index contributed by atoms with van der Waals surface area (Å²) in [6, 6.07) is 24.2. The first-order valence-corrected chi connectivity index (χ1v) is 21.7. The molecule has 10 aromatic rings. The average Bonchev–Trinajstić information content (AvgIpc) is 4.19. The van der Waals surface area contributed by atoms with Crippen molar-refractivity contribution in [2.24, 2.45) is 0 Å². The molecule has 8 aromatic heterocycles. The summed E-state index contributed by atoms with van der Waals surface area (Å²) in [5.74, 6) is 1.74. The molecular weight excluding hydrogens is 877 g/mol. The third kappa shape index (κ3) is 7.69. The van der Waals surface area contributed by atoms with E-state index in [0.717, 1.165) is 11.1 Å². The summed E-state index contributed by atoms with van der Waals surface area (Å²) < 4.78 is 27.0. The number of hydrogen-bond donors (Lipinski definition) is 4. The van der Waals surface area contributed by atoms with Gasteiger partial charge in [0.05, 0.1) is 62.1 Å². The second-order valence-electron chi connectivity index (χ2n) is 16.9. The Kier molecular flexibility index (Phi) is 10.6. The number of hydrogen-bond acceptors (Lipinski definition) is 18. The highest BCUT2D eigenvalue weighted by Gasteiger charge is 2.39. The van der Waals surface area contributed by atoms with Gasteiger partial charge in [0, 0.05) is 12.8 Å². The SMILES string of the molecule is Nc1nc2c(cnn2[C@@H](C(=O)CCC2(O)COC2)c2ccccc2)c2nc(-c3ccco3)nn12.Nc1nc2c(cnn2[C@H](C(=O)CCC2(O)COC2)c2ccccc2)c2nc(-c3ccco3)nn12. The number of anilines is 2. The Morgan fingerprint density at radius 1 is 0.574 bits per heavy atom. The fourth-order valence-electron chi connectivity index (χ4n) is 8.40. The number of ether oxygens (including phenoxy) is 2. The van der Waals surface area contributed by atoms with Crippen molar-refractivity contribution in [3.05, 3.63) is 121 Å².